The molecule has 5 aromatic carbocycles. The van der Waals surface area contributed by atoms with Crippen molar-refractivity contribution in [3.8, 4) is 16.8 Å². The largest absolute Gasteiger partial charge is 0.309 e. The first kappa shape index (κ1) is 22.0. The van der Waals surface area contributed by atoms with Crippen molar-refractivity contribution in [1.82, 2.24) is 14.2 Å². The first-order chi connectivity index (χ1) is 17.9. The fourth-order valence-electron chi connectivity index (χ4n) is 5.70. The molecule has 0 unspecified atom stereocenters. The van der Waals surface area contributed by atoms with Gasteiger partial charge in [-0.2, -0.15) is 29.4 Å². The summed E-state index contributed by atoms with van der Waals surface area (Å²) >= 11 is 0. The smallest absolute Gasteiger partial charge is 0.0711 e. The molecule has 3 aromatic heterocycles. The summed E-state index contributed by atoms with van der Waals surface area (Å²) in [6.07, 6.45) is 1.86. The fourth-order valence-corrected chi connectivity index (χ4v) is 5.70. The van der Waals surface area contributed by atoms with Crippen LogP contribution in [0.1, 0.15) is 0 Å². The van der Waals surface area contributed by atoms with Crippen LogP contribution in [-0.4, -0.2) is 14.2 Å². The van der Waals surface area contributed by atoms with Crippen molar-refractivity contribution in [1.29, 1.82) is 0 Å². The fraction of sp³-hybridized carbons (Fsp3) is 0. The van der Waals surface area contributed by atoms with Crippen LogP contribution in [0.15, 0.2) is 121 Å². The topological polar surface area (TPSA) is 22.2 Å². The van der Waals surface area contributed by atoms with E-state index in [4.69, 9.17) is 0 Å². The van der Waals surface area contributed by atoms with Gasteiger partial charge in [-0.05, 0) is 52.4 Å². The van der Waals surface area contributed by atoms with Gasteiger partial charge in [0.15, 0.2) is 0 Å². The summed E-state index contributed by atoms with van der Waals surface area (Å²) < 4.78 is 4.36. The van der Waals surface area contributed by atoms with Crippen LogP contribution in [-0.2, 0) is 20.1 Å². The van der Waals surface area contributed by atoms with E-state index in [9.17, 15) is 0 Å². The van der Waals surface area contributed by atoms with Crippen LogP contribution in [0.3, 0.4) is 0 Å². The molecule has 3 heterocycles. The van der Waals surface area contributed by atoms with Gasteiger partial charge >= 0.3 is 0 Å². The van der Waals surface area contributed by atoms with Crippen LogP contribution in [0.5, 0.6) is 0 Å². The van der Waals surface area contributed by atoms with E-state index in [1.807, 2.05) is 22.8 Å². The maximum atomic E-state index is 4.55. The van der Waals surface area contributed by atoms with Gasteiger partial charge in [-0.3, -0.25) is 4.52 Å². The summed E-state index contributed by atoms with van der Waals surface area (Å²) in [4.78, 5) is 0. The van der Waals surface area contributed by atoms with Crippen molar-refractivity contribution in [3.63, 3.8) is 0 Å². The standard InChI is InChI=1S/C33H20N3.Ir/c1-4-13-30-25(10-1)26-11-2-5-14-31(26)35(30)24-9-7-8-22(20-24)23-16-17-28-29(21-23)27-12-3-6-15-32(27)36-33(28)18-19-34-36;/h1-14,16-21H;/q-1;. The monoisotopic (exact) mass is 651 g/mol. The van der Waals surface area contributed by atoms with Gasteiger partial charge in [0.25, 0.3) is 0 Å². The van der Waals surface area contributed by atoms with Crippen LogP contribution in [0, 0.1) is 6.07 Å². The molecule has 3 nitrogen and oxygen atoms in total. The zero-order valence-corrected chi connectivity index (χ0v) is 22.1. The molecule has 0 atom stereocenters. The van der Waals surface area contributed by atoms with Crippen molar-refractivity contribution in [3.05, 3.63) is 128 Å². The molecule has 0 aliphatic heterocycles. The third-order valence-corrected chi connectivity index (χ3v) is 7.29. The van der Waals surface area contributed by atoms with Gasteiger partial charge in [-0.1, -0.05) is 72.1 Å². The number of fused-ring (bicyclic) bond motifs is 9. The van der Waals surface area contributed by atoms with Crippen molar-refractivity contribution >= 4 is 49.0 Å². The van der Waals surface area contributed by atoms with E-state index in [1.165, 1.54) is 43.7 Å². The molecule has 0 saturated carbocycles. The maximum absolute atomic E-state index is 4.55. The average molecular weight is 651 g/mol. The number of hydrogen-bond donors (Lipinski definition) is 0. The SMILES string of the molecule is [Ir].[c-]1cccc2c3cc(-c4cccc(-n5c6ccccc6c6ccccc65)c4)ccc3c3ccnn3c12. The summed E-state index contributed by atoms with van der Waals surface area (Å²) in [7, 11) is 0. The van der Waals surface area contributed by atoms with Gasteiger partial charge in [-0.25, -0.2) is 0 Å². The minimum atomic E-state index is 0. The van der Waals surface area contributed by atoms with Crippen molar-refractivity contribution in [2.75, 3.05) is 0 Å². The molecule has 0 aliphatic rings. The second-order valence-corrected chi connectivity index (χ2v) is 9.24. The number of benzene rings is 5. The van der Waals surface area contributed by atoms with E-state index in [0.29, 0.717) is 0 Å². The van der Waals surface area contributed by atoms with Gasteiger partial charge in [0.1, 0.15) is 0 Å². The number of hydrogen-bond acceptors (Lipinski definition) is 1. The summed E-state index contributed by atoms with van der Waals surface area (Å²) in [5.41, 5.74) is 8.09. The molecule has 37 heavy (non-hydrogen) atoms. The molecule has 4 heteroatoms. The van der Waals surface area contributed by atoms with E-state index < -0.39 is 0 Å². The summed E-state index contributed by atoms with van der Waals surface area (Å²) in [5, 5.41) is 10.7. The molecule has 0 N–H and O–H groups in total. The van der Waals surface area contributed by atoms with Crippen molar-refractivity contribution < 1.29 is 20.1 Å². The molecular formula is C33H20IrN3-. The van der Waals surface area contributed by atoms with E-state index >= 15 is 0 Å². The van der Waals surface area contributed by atoms with Crippen molar-refractivity contribution in [2.24, 2.45) is 0 Å². The molecule has 177 valence electrons. The third-order valence-electron chi connectivity index (χ3n) is 7.29. The second-order valence-electron chi connectivity index (χ2n) is 9.24. The molecule has 0 saturated heterocycles. The Balaban J connectivity index is 0.00000231. The molecule has 0 amide bonds. The van der Waals surface area contributed by atoms with E-state index in [0.717, 1.165) is 22.1 Å². The van der Waals surface area contributed by atoms with E-state index in [1.54, 1.807) is 0 Å². The maximum Gasteiger partial charge on any atom is 0.0711 e. The molecule has 0 fully saturated rings. The predicted octanol–water partition coefficient (Wildman–Crippen LogP) is 8.20. The Morgan fingerprint density at radius 3 is 2.05 bits per heavy atom. The van der Waals surface area contributed by atoms with Gasteiger partial charge in [0.05, 0.1) is 16.6 Å². The van der Waals surface area contributed by atoms with E-state index in [-0.39, 0.29) is 20.1 Å². The zero-order valence-electron chi connectivity index (χ0n) is 19.7. The Morgan fingerprint density at radius 2 is 1.24 bits per heavy atom. The van der Waals surface area contributed by atoms with E-state index in [2.05, 4.69) is 119 Å². The second kappa shape index (κ2) is 8.41. The quantitative estimate of drug-likeness (QED) is 0.137. The number of para-hydroxylation sites is 3. The first-order valence-corrected chi connectivity index (χ1v) is 12.2. The molecule has 0 bridgehead atoms. The Labute approximate surface area is 226 Å². The molecular weight excluding hydrogens is 631 g/mol. The van der Waals surface area contributed by atoms with Crippen LogP contribution >= 0.6 is 0 Å². The Kier molecular flexibility index (Phi) is 5.00. The van der Waals surface area contributed by atoms with Crippen LogP contribution in [0.4, 0.5) is 0 Å². The summed E-state index contributed by atoms with van der Waals surface area (Å²) in [6.45, 7) is 0. The van der Waals surface area contributed by atoms with Gasteiger partial charge < -0.3 is 4.57 Å². The Morgan fingerprint density at radius 1 is 0.541 bits per heavy atom. The number of aromatic nitrogens is 3. The summed E-state index contributed by atoms with van der Waals surface area (Å²) in [5.74, 6) is 0. The molecule has 0 aliphatic carbocycles. The zero-order chi connectivity index (χ0) is 23.6. The minimum Gasteiger partial charge on any atom is -0.309 e. The third kappa shape index (κ3) is 3.20. The van der Waals surface area contributed by atoms with Crippen LogP contribution in [0.2, 0.25) is 0 Å². The van der Waals surface area contributed by atoms with Gasteiger partial charge in [-0.15, -0.1) is 5.39 Å². The average Bonchev–Trinajstić information content (AvgIpc) is 3.57. The summed E-state index contributed by atoms with van der Waals surface area (Å²) in [6, 6.07) is 44.5. The minimum absolute atomic E-state index is 0. The Hall–Kier alpha value is -4.24. The number of nitrogens with zero attached hydrogens (tertiary/aromatic N) is 3. The van der Waals surface area contributed by atoms with Crippen molar-refractivity contribution in [2.45, 2.75) is 0 Å². The Bertz CT molecular complexity index is 2060. The van der Waals surface area contributed by atoms with Gasteiger partial charge in [0.2, 0.25) is 0 Å². The molecule has 8 aromatic rings. The number of rotatable bonds is 2. The van der Waals surface area contributed by atoms with Crippen LogP contribution < -0.4 is 0 Å². The first-order valence-electron chi connectivity index (χ1n) is 12.2. The van der Waals surface area contributed by atoms with Gasteiger partial charge in [0, 0.05) is 42.8 Å². The van der Waals surface area contributed by atoms with Crippen LogP contribution in [0.25, 0.3) is 65.8 Å². The molecule has 8 rings (SSSR count). The normalized spacial score (nSPS) is 11.6. The molecule has 1 radical (unpaired) electrons. The molecule has 0 spiro atoms. The predicted molar refractivity (Wildman–Crippen MR) is 149 cm³/mol. The number of pyridine rings is 1.